The van der Waals surface area contributed by atoms with Crippen molar-refractivity contribution < 1.29 is 32.6 Å². The van der Waals surface area contributed by atoms with Crippen LogP contribution in [0.2, 0.25) is 0 Å². The Kier molecular flexibility index (Phi) is 16.8. The molecule has 1 atom stereocenters. The van der Waals surface area contributed by atoms with E-state index in [-0.39, 0.29) is 11.7 Å². The summed E-state index contributed by atoms with van der Waals surface area (Å²) in [5.74, 6) is -3.86. The molecule has 244 valence electrons. The van der Waals surface area contributed by atoms with Crippen LogP contribution in [0.4, 0.5) is 23.7 Å². The lowest BCUT2D eigenvalue weighted by Crippen LogP contribution is -2.49. The molecule has 0 saturated carbocycles. The number of hydrogen-bond acceptors (Lipinski definition) is 6. The van der Waals surface area contributed by atoms with Crippen LogP contribution >= 0.6 is 0 Å². The van der Waals surface area contributed by atoms with Crippen LogP contribution in [0.5, 0.6) is 0 Å². The summed E-state index contributed by atoms with van der Waals surface area (Å²) < 4.78 is 41.5. The number of halogens is 3. The van der Waals surface area contributed by atoms with E-state index in [4.69, 9.17) is 9.84 Å². The summed E-state index contributed by atoms with van der Waals surface area (Å²) in [5.41, 5.74) is 1.35. The number of amides is 1. The molecule has 1 N–H and O–H groups in total. The van der Waals surface area contributed by atoms with Crippen LogP contribution in [0.3, 0.4) is 0 Å². The SMILES string of the molecule is C=C(F)/C=C\C(F)=C(/C)F.CCCCN(/C=C/CN(CC)CCC1(C)CCN(c2ccc(C(=O)O)cc2)C(=O)O1)N=C(C)C. The van der Waals surface area contributed by atoms with Gasteiger partial charge in [0, 0.05) is 50.2 Å². The maximum Gasteiger partial charge on any atom is 0.414 e. The van der Waals surface area contributed by atoms with E-state index in [0.29, 0.717) is 24.7 Å². The van der Waals surface area contributed by atoms with Crippen molar-refractivity contribution in [3.63, 3.8) is 0 Å². The predicted molar refractivity (Wildman–Crippen MR) is 171 cm³/mol. The summed E-state index contributed by atoms with van der Waals surface area (Å²) in [6, 6.07) is 6.29. The second-order valence-electron chi connectivity index (χ2n) is 10.8. The number of likely N-dealkylation sites (N-methyl/N-ethyl adjacent to an activating group) is 1. The maximum absolute atomic E-state index is 12.7. The van der Waals surface area contributed by atoms with E-state index >= 15 is 0 Å². The van der Waals surface area contributed by atoms with Crippen LogP contribution in [0.1, 0.15) is 77.6 Å². The van der Waals surface area contributed by atoms with E-state index < -0.39 is 29.1 Å². The maximum atomic E-state index is 12.7. The van der Waals surface area contributed by atoms with Crippen molar-refractivity contribution in [2.24, 2.45) is 5.10 Å². The van der Waals surface area contributed by atoms with Crippen molar-refractivity contribution in [2.45, 2.75) is 72.8 Å². The quantitative estimate of drug-likeness (QED) is 0.120. The first-order valence-corrected chi connectivity index (χ1v) is 14.8. The largest absolute Gasteiger partial charge is 0.478 e. The standard InChI is InChI=1S/C26H40N4O4.C7H7F3/c1-6-8-17-29(27-21(3)4)18-9-16-28(7-2)19-14-26(5)15-20-30(25(33)34-26)23-12-10-22(11-13-23)24(31)32;1-5(8)3-4-7(10)6(2)9/h9-13,18H,6-8,14-17,19-20H2,1-5H3,(H,31,32);3-4H,1H2,2H3/b18-9+;4-3-,7-6-. The fraction of sp³-hybridized carbons (Fsp3) is 0.485. The van der Waals surface area contributed by atoms with Gasteiger partial charge in [-0.2, -0.15) is 5.10 Å². The monoisotopic (exact) mass is 620 g/mol. The third kappa shape index (κ3) is 14.5. The number of carbonyl (C=O) groups is 2. The van der Waals surface area contributed by atoms with Crippen molar-refractivity contribution in [1.29, 1.82) is 0 Å². The third-order valence-corrected chi connectivity index (χ3v) is 6.70. The molecule has 1 aliphatic heterocycles. The van der Waals surface area contributed by atoms with Gasteiger partial charge in [0.25, 0.3) is 0 Å². The van der Waals surface area contributed by atoms with Crippen molar-refractivity contribution in [3.05, 3.63) is 78.3 Å². The average molecular weight is 621 g/mol. The molecule has 2 rings (SSSR count). The molecule has 44 heavy (non-hydrogen) atoms. The van der Waals surface area contributed by atoms with Gasteiger partial charge in [-0.3, -0.25) is 14.8 Å². The lowest BCUT2D eigenvalue weighted by Gasteiger charge is -2.39. The van der Waals surface area contributed by atoms with Crippen LogP contribution in [0.25, 0.3) is 0 Å². The number of carboxylic acids is 1. The molecule has 1 aromatic rings. The highest BCUT2D eigenvalue weighted by Crippen LogP contribution is 2.30. The van der Waals surface area contributed by atoms with Gasteiger partial charge in [0.15, 0.2) is 5.83 Å². The Hall–Kier alpha value is -3.86. The van der Waals surface area contributed by atoms with E-state index in [1.807, 2.05) is 25.8 Å². The highest BCUT2D eigenvalue weighted by Gasteiger charge is 2.37. The first-order chi connectivity index (χ1) is 20.7. The Morgan fingerprint density at radius 2 is 1.80 bits per heavy atom. The van der Waals surface area contributed by atoms with Gasteiger partial charge in [-0.1, -0.05) is 32.9 Å². The van der Waals surface area contributed by atoms with E-state index in [9.17, 15) is 22.8 Å². The fourth-order valence-electron chi connectivity index (χ4n) is 4.06. The Balaban J connectivity index is 0.000000828. The number of nitrogens with zero attached hydrogens (tertiary/aromatic N) is 4. The smallest absolute Gasteiger partial charge is 0.414 e. The Labute approximate surface area is 259 Å². The molecule has 0 bridgehead atoms. The molecule has 1 amide bonds. The molecular formula is C33H47F3N4O4. The summed E-state index contributed by atoms with van der Waals surface area (Å²) >= 11 is 0. The number of ether oxygens (including phenoxy) is 1. The average Bonchev–Trinajstić information content (AvgIpc) is 2.96. The van der Waals surface area contributed by atoms with Gasteiger partial charge in [0.05, 0.1) is 5.56 Å². The minimum absolute atomic E-state index is 0.192. The van der Waals surface area contributed by atoms with E-state index in [1.54, 1.807) is 17.0 Å². The van der Waals surface area contributed by atoms with E-state index in [1.165, 1.54) is 12.1 Å². The number of allylic oxidation sites excluding steroid dienone is 5. The van der Waals surface area contributed by atoms with Crippen LogP contribution in [-0.4, -0.2) is 71.1 Å². The fourth-order valence-corrected chi connectivity index (χ4v) is 4.06. The number of anilines is 1. The molecule has 1 aliphatic rings. The molecule has 11 heteroatoms. The van der Waals surface area contributed by atoms with Gasteiger partial charge in [0.1, 0.15) is 17.3 Å². The van der Waals surface area contributed by atoms with Crippen LogP contribution in [-0.2, 0) is 4.74 Å². The van der Waals surface area contributed by atoms with Crippen LogP contribution < -0.4 is 4.90 Å². The van der Waals surface area contributed by atoms with Gasteiger partial charge in [0.2, 0.25) is 0 Å². The molecule has 0 spiro atoms. The number of hydrogen-bond donors (Lipinski definition) is 1. The molecule has 1 fully saturated rings. The van der Waals surface area contributed by atoms with Crippen LogP contribution in [0, 0.1) is 0 Å². The first-order valence-electron chi connectivity index (χ1n) is 14.8. The molecule has 0 radical (unpaired) electrons. The Bertz CT molecular complexity index is 1210. The second-order valence-corrected chi connectivity index (χ2v) is 10.8. The minimum Gasteiger partial charge on any atom is -0.478 e. The van der Waals surface area contributed by atoms with Crippen molar-refractivity contribution in [3.8, 4) is 0 Å². The number of carbonyl (C=O) groups excluding carboxylic acids is 1. The molecule has 0 aliphatic carbocycles. The molecule has 1 saturated heterocycles. The number of aromatic carboxylic acids is 1. The van der Waals surface area contributed by atoms with Gasteiger partial charge >= 0.3 is 12.1 Å². The number of unbranched alkanes of at least 4 members (excludes halogenated alkanes) is 1. The normalized spacial score (nSPS) is 17.2. The predicted octanol–water partition coefficient (Wildman–Crippen LogP) is 8.41. The van der Waals surface area contributed by atoms with Crippen molar-refractivity contribution in [2.75, 3.05) is 37.6 Å². The van der Waals surface area contributed by atoms with Crippen molar-refractivity contribution >= 4 is 23.5 Å². The highest BCUT2D eigenvalue weighted by molar-refractivity contribution is 5.91. The van der Waals surface area contributed by atoms with Crippen LogP contribution in [0.15, 0.2) is 77.9 Å². The zero-order valence-corrected chi connectivity index (χ0v) is 26.8. The zero-order chi connectivity index (χ0) is 33.3. The second kappa shape index (κ2) is 19.4. The van der Waals surface area contributed by atoms with E-state index in [0.717, 1.165) is 64.2 Å². The zero-order valence-electron chi connectivity index (χ0n) is 26.8. The summed E-state index contributed by atoms with van der Waals surface area (Å²) in [4.78, 5) is 27.7. The molecular weight excluding hydrogens is 573 g/mol. The number of cyclic esters (lactones) is 1. The van der Waals surface area contributed by atoms with Gasteiger partial charge in [-0.15, -0.1) is 0 Å². The number of hydrazone groups is 1. The summed E-state index contributed by atoms with van der Waals surface area (Å²) in [6.45, 7) is 18.1. The Morgan fingerprint density at radius 3 is 2.30 bits per heavy atom. The summed E-state index contributed by atoms with van der Waals surface area (Å²) in [5, 5.41) is 15.6. The van der Waals surface area contributed by atoms with Gasteiger partial charge in [-0.05, 0) is 83.5 Å². The molecule has 0 aromatic heterocycles. The number of carboxylic acid groups (broad SMARTS) is 1. The van der Waals surface area contributed by atoms with Gasteiger partial charge in [-0.25, -0.2) is 22.8 Å². The summed E-state index contributed by atoms with van der Waals surface area (Å²) in [6.07, 6.45) is 8.93. The molecule has 1 aromatic carbocycles. The Morgan fingerprint density at radius 1 is 1.14 bits per heavy atom. The van der Waals surface area contributed by atoms with Crippen molar-refractivity contribution in [1.82, 2.24) is 9.91 Å². The molecule has 1 heterocycles. The van der Waals surface area contributed by atoms with E-state index in [2.05, 4.69) is 42.7 Å². The lowest BCUT2D eigenvalue weighted by atomic mass is 9.95. The molecule has 1 unspecified atom stereocenters. The highest BCUT2D eigenvalue weighted by atomic mass is 19.2. The summed E-state index contributed by atoms with van der Waals surface area (Å²) in [7, 11) is 0. The topological polar surface area (TPSA) is 85.7 Å². The van der Waals surface area contributed by atoms with Gasteiger partial charge < -0.3 is 9.84 Å². The lowest BCUT2D eigenvalue weighted by molar-refractivity contribution is -0.00253. The molecule has 8 nitrogen and oxygen atoms in total. The number of rotatable bonds is 15. The minimum atomic E-state index is -1.08. The number of benzene rings is 1. The third-order valence-electron chi connectivity index (χ3n) is 6.70. The first kappa shape index (κ1) is 38.2.